The van der Waals surface area contributed by atoms with E-state index in [-0.39, 0.29) is 12.3 Å². The summed E-state index contributed by atoms with van der Waals surface area (Å²) in [6.45, 7) is 0. The first-order chi connectivity index (χ1) is 17.6. The van der Waals surface area contributed by atoms with Crippen molar-refractivity contribution in [1.29, 1.82) is 0 Å². The van der Waals surface area contributed by atoms with E-state index in [9.17, 15) is 4.79 Å². The molecule has 8 nitrogen and oxygen atoms in total. The minimum Gasteiger partial charge on any atom is -0.497 e. The van der Waals surface area contributed by atoms with Crippen LogP contribution in [0.5, 0.6) is 17.2 Å². The van der Waals surface area contributed by atoms with E-state index in [1.807, 2.05) is 60.7 Å². The summed E-state index contributed by atoms with van der Waals surface area (Å²) >= 11 is 1.37. The molecule has 0 atom stereocenters. The van der Waals surface area contributed by atoms with Crippen molar-refractivity contribution < 1.29 is 19.0 Å². The number of ether oxygens (including phenoxy) is 3. The number of para-hydroxylation sites is 2. The highest BCUT2D eigenvalue weighted by molar-refractivity contribution is 7.99. The first-order valence-electron chi connectivity index (χ1n) is 11.2. The second kappa shape index (κ2) is 12.0. The third-order valence-electron chi connectivity index (χ3n) is 5.34. The van der Waals surface area contributed by atoms with Crippen molar-refractivity contribution in [2.24, 2.45) is 0 Å². The Labute approximate surface area is 214 Å². The van der Waals surface area contributed by atoms with Gasteiger partial charge in [0.15, 0.2) is 0 Å². The molecule has 0 bridgehead atoms. The molecule has 0 radical (unpaired) electrons. The standard InChI is InChI=1S/C27H26N4O4S/c1-33-20-12-8-18(9-13-20)25-26(19-10-14-21(34-2)15-11-19)30-31-27(29-25)36-17-16-24(32)28-22-6-4-5-7-23(22)35-3/h4-15H,16-17H2,1-3H3,(H,28,32). The molecule has 1 amide bonds. The molecule has 4 aromatic rings. The van der Waals surface area contributed by atoms with Crippen LogP contribution in [0, 0.1) is 0 Å². The fourth-order valence-corrected chi connectivity index (χ4v) is 4.19. The number of methoxy groups -OCH3 is 3. The van der Waals surface area contributed by atoms with E-state index < -0.39 is 0 Å². The van der Waals surface area contributed by atoms with Crippen LogP contribution in [0.2, 0.25) is 0 Å². The number of nitrogens with zero attached hydrogens (tertiary/aromatic N) is 3. The van der Waals surface area contributed by atoms with Crippen molar-refractivity contribution in [2.75, 3.05) is 32.4 Å². The van der Waals surface area contributed by atoms with Crippen LogP contribution in [0.15, 0.2) is 78.0 Å². The van der Waals surface area contributed by atoms with Gasteiger partial charge in [-0.05, 0) is 60.7 Å². The number of hydrogen-bond acceptors (Lipinski definition) is 8. The average molecular weight is 503 g/mol. The third kappa shape index (κ3) is 6.11. The van der Waals surface area contributed by atoms with E-state index in [1.165, 1.54) is 11.8 Å². The molecule has 0 aliphatic rings. The Hall–Kier alpha value is -4.11. The van der Waals surface area contributed by atoms with Gasteiger partial charge in [-0.2, -0.15) is 0 Å². The van der Waals surface area contributed by atoms with Crippen LogP contribution < -0.4 is 19.5 Å². The van der Waals surface area contributed by atoms with Crippen molar-refractivity contribution in [3.05, 3.63) is 72.8 Å². The van der Waals surface area contributed by atoms with Gasteiger partial charge in [-0.15, -0.1) is 10.2 Å². The molecule has 0 saturated carbocycles. The van der Waals surface area contributed by atoms with Crippen LogP contribution in [0.25, 0.3) is 22.5 Å². The molecule has 3 aromatic carbocycles. The molecule has 1 heterocycles. The van der Waals surface area contributed by atoms with Gasteiger partial charge < -0.3 is 19.5 Å². The fourth-order valence-electron chi connectivity index (χ4n) is 3.46. The largest absolute Gasteiger partial charge is 0.497 e. The smallest absolute Gasteiger partial charge is 0.225 e. The Morgan fingerprint density at radius 1 is 0.778 bits per heavy atom. The molecule has 1 aromatic heterocycles. The van der Waals surface area contributed by atoms with Crippen molar-refractivity contribution >= 4 is 23.4 Å². The van der Waals surface area contributed by atoms with E-state index in [2.05, 4.69) is 15.5 Å². The number of thioether (sulfide) groups is 1. The van der Waals surface area contributed by atoms with Gasteiger partial charge >= 0.3 is 0 Å². The van der Waals surface area contributed by atoms with Crippen LogP contribution in [0.1, 0.15) is 6.42 Å². The SMILES string of the molecule is COc1ccc(-c2nnc(SCCC(=O)Nc3ccccc3OC)nc2-c2ccc(OC)cc2)cc1. The highest BCUT2D eigenvalue weighted by atomic mass is 32.2. The zero-order valence-corrected chi connectivity index (χ0v) is 21.0. The Balaban J connectivity index is 1.51. The minimum atomic E-state index is -0.120. The van der Waals surface area contributed by atoms with Crippen molar-refractivity contribution in [3.8, 4) is 39.8 Å². The highest BCUT2D eigenvalue weighted by Crippen LogP contribution is 2.32. The number of aromatic nitrogens is 3. The summed E-state index contributed by atoms with van der Waals surface area (Å²) in [4.78, 5) is 17.2. The van der Waals surface area contributed by atoms with Gasteiger partial charge in [0.25, 0.3) is 0 Å². The lowest BCUT2D eigenvalue weighted by molar-refractivity contribution is -0.115. The first-order valence-corrected chi connectivity index (χ1v) is 12.2. The number of anilines is 1. The van der Waals surface area contributed by atoms with E-state index in [0.29, 0.717) is 33.7 Å². The van der Waals surface area contributed by atoms with Crippen LogP contribution in [0.3, 0.4) is 0 Å². The quantitative estimate of drug-likeness (QED) is 0.290. The van der Waals surface area contributed by atoms with Crippen LogP contribution in [-0.4, -0.2) is 48.2 Å². The second-order valence-electron chi connectivity index (χ2n) is 7.60. The van der Waals surface area contributed by atoms with Gasteiger partial charge in [0.1, 0.15) is 28.6 Å². The van der Waals surface area contributed by atoms with Gasteiger partial charge in [-0.1, -0.05) is 23.9 Å². The van der Waals surface area contributed by atoms with Gasteiger partial charge in [0.05, 0.1) is 27.0 Å². The molecular weight excluding hydrogens is 476 g/mol. The Morgan fingerprint density at radius 2 is 1.39 bits per heavy atom. The number of rotatable bonds is 10. The molecule has 0 saturated heterocycles. The summed E-state index contributed by atoms with van der Waals surface area (Å²) in [6, 6.07) is 22.5. The second-order valence-corrected chi connectivity index (χ2v) is 8.66. The summed E-state index contributed by atoms with van der Waals surface area (Å²) in [5.41, 5.74) is 3.74. The minimum absolute atomic E-state index is 0.120. The Morgan fingerprint density at radius 3 is 2.00 bits per heavy atom. The summed E-state index contributed by atoms with van der Waals surface area (Å²) in [6.07, 6.45) is 0.282. The normalized spacial score (nSPS) is 10.5. The van der Waals surface area contributed by atoms with E-state index in [0.717, 1.165) is 22.6 Å². The molecule has 0 unspecified atom stereocenters. The van der Waals surface area contributed by atoms with E-state index >= 15 is 0 Å². The number of carbonyl (C=O) groups is 1. The lowest BCUT2D eigenvalue weighted by Crippen LogP contribution is -2.13. The van der Waals surface area contributed by atoms with Gasteiger partial charge in [-0.25, -0.2) is 4.98 Å². The Bertz CT molecular complexity index is 1310. The number of hydrogen-bond donors (Lipinski definition) is 1. The predicted molar refractivity (Wildman–Crippen MR) is 141 cm³/mol. The molecule has 4 rings (SSSR count). The van der Waals surface area contributed by atoms with Crippen LogP contribution >= 0.6 is 11.8 Å². The molecular formula is C27H26N4O4S. The number of amides is 1. The molecule has 0 spiro atoms. The van der Waals surface area contributed by atoms with Gasteiger partial charge in [0, 0.05) is 23.3 Å². The topological polar surface area (TPSA) is 95.5 Å². The van der Waals surface area contributed by atoms with Crippen LogP contribution in [-0.2, 0) is 4.79 Å². The number of benzene rings is 3. The first kappa shape index (κ1) is 25.0. The summed E-state index contributed by atoms with van der Waals surface area (Å²) in [5.74, 6) is 2.49. The molecule has 36 heavy (non-hydrogen) atoms. The summed E-state index contributed by atoms with van der Waals surface area (Å²) in [7, 11) is 4.83. The monoisotopic (exact) mass is 502 g/mol. The number of carbonyl (C=O) groups excluding carboxylic acids is 1. The average Bonchev–Trinajstić information content (AvgIpc) is 2.93. The molecule has 1 N–H and O–H groups in total. The zero-order valence-electron chi connectivity index (χ0n) is 20.2. The van der Waals surface area contributed by atoms with Crippen molar-refractivity contribution in [1.82, 2.24) is 15.2 Å². The highest BCUT2D eigenvalue weighted by Gasteiger charge is 2.15. The van der Waals surface area contributed by atoms with Crippen molar-refractivity contribution in [2.45, 2.75) is 11.6 Å². The van der Waals surface area contributed by atoms with E-state index in [4.69, 9.17) is 19.2 Å². The molecule has 0 aliphatic carbocycles. The van der Waals surface area contributed by atoms with E-state index in [1.54, 1.807) is 33.5 Å². The Kier molecular flexibility index (Phi) is 8.36. The molecule has 0 fully saturated rings. The lowest BCUT2D eigenvalue weighted by Gasteiger charge is -2.11. The van der Waals surface area contributed by atoms with Crippen molar-refractivity contribution in [3.63, 3.8) is 0 Å². The van der Waals surface area contributed by atoms with Gasteiger partial charge in [-0.3, -0.25) is 4.79 Å². The zero-order chi connectivity index (χ0) is 25.3. The van der Waals surface area contributed by atoms with Crippen LogP contribution in [0.4, 0.5) is 5.69 Å². The lowest BCUT2D eigenvalue weighted by atomic mass is 10.0. The molecule has 9 heteroatoms. The molecule has 0 aliphatic heterocycles. The maximum atomic E-state index is 12.5. The maximum absolute atomic E-state index is 12.5. The maximum Gasteiger partial charge on any atom is 0.225 e. The number of nitrogens with one attached hydrogen (secondary N) is 1. The summed E-state index contributed by atoms with van der Waals surface area (Å²) in [5, 5.41) is 12.2. The molecule has 184 valence electrons. The van der Waals surface area contributed by atoms with Gasteiger partial charge in [0.2, 0.25) is 11.1 Å². The third-order valence-corrected chi connectivity index (χ3v) is 6.17. The predicted octanol–water partition coefficient (Wildman–Crippen LogP) is 5.35. The fraction of sp³-hybridized carbons (Fsp3) is 0.185. The summed E-state index contributed by atoms with van der Waals surface area (Å²) < 4.78 is 15.8.